The fraction of sp³-hybridized carbons (Fsp3) is 0.450. The molecular formula is C20H23FN2O2S. The third-order valence-corrected chi connectivity index (χ3v) is 6.46. The molecule has 2 fully saturated rings. The van der Waals surface area contributed by atoms with Gasteiger partial charge >= 0.3 is 6.09 Å². The second-order valence-corrected chi connectivity index (χ2v) is 8.12. The van der Waals surface area contributed by atoms with Crippen molar-refractivity contribution >= 4 is 22.4 Å². The van der Waals surface area contributed by atoms with Crippen LogP contribution >= 0.6 is 11.3 Å². The molecule has 1 unspecified atom stereocenters. The molecule has 0 radical (unpaired) electrons. The van der Waals surface area contributed by atoms with Crippen LogP contribution in [0, 0.1) is 5.82 Å². The molecule has 4 rings (SSSR count). The minimum absolute atomic E-state index is 0.0214. The number of carbonyl (C=O) groups is 1. The predicted octanol–water partition coefficient (Wildman–Crippen LogP) is 4.66. The van der Waals surface area contributed by atoms with E-state index in [-0.39, 0.29) is 18.0 Å². The summed E-state index contributed by atoms with van der Waals surface area (Å²) in [5.41, 5.74) is 0.875. The third-order valence-electron chi connectivity index (χ3n) is 5.57. The van der Waals surface area contributed by atoms with Crippen LogP contribution in [-0.4, -0.2) is 36.2 Å². The Morgan fingerprint density at radius 1 is 1.23 bits per heavy atom. The first-order valence-electron chi connectivity index (χ1n) is 9.08. The topological polar surface area (TPSA) is 32.8 Å². The van der Waals surface area contributed by atoms with Gasteiger partial charge in [0.15, 0.2) is 0 Å². The first kappa shape index (κ1) is 17.5. The Hall–Kier alpha value is -1.92. The summed E-state index contributed by atoms with van der Waals surface area (Å²) in [7, 11) is 2.17. The molecule has 2 aromatic rings. The summed E-state index contributed by atoms with van der Waals surface area (Å²) in [6.07, 6.45) is 3.87. The Morgan fingerprint density at radius 3 is 2.54 bits per heavy atom. The largest absolute Gasteiger partial charge is 0.446 e. The summed E-state index contributed by atoms with van der Waals surface area (Å²) in [4.78, 5) is 17.0. The second-order valence-electron chi connectivity index (χ2n) is 7.19. The number of fused-ring (bicyclic) bond motifs is 2. The minimum atomic E-state index is -0.314. The lowest BCUT2D eigenvalue weighted by Crippen LogP contribution is -2.45. The normalized spacial score (nSPS) is 25.2. The minimum Gasteiger partial charge on any atom is -0.446 e. The number of ether oxygens (including phenoxy) is 1. The molecule has 1 aromatic carbocycles. The number of thiophene rings is 1. The van der Waals surface area contributed by atoms with E-state index in [1.54, 1.807) is 17.0 Å². The Kier molecular flexibility index (Phi) is 4.96. The van der Waals surface area contributed by atoms with Gasteiger partial charge in [-0.15, -0.1) is 11.3 Å². The summed E-state index contributed by atoms with van der Waals surface area (Å²) in [5.74, 6) is -0.277. The summed E-state index contributed by atoms with van der Waals surface area (Å²) in [5, 5.41) is 2.78. The van der Waals surface area contributed by atoms with Gasteiger partial charge < -0.3 is 9.64 Å². The van der Waals surface area contributed by atoms with Gasteiger partial charge in [-0.1, -0.05) is 12.1 Å². The first-order valence-corrected chi connectivity index (χ1v) is 9.96. The van der Waals surface area contributed by atoms with Crippen LogP contribution in [0.15, 0.2) is 41.8 Å². The van der Waals surface area contributed by atoms with E-state index in [0.717, 1.165) is 23.4 Å². The number of nitrogens with zero attached hydrogens (tertiary/aromatic N) is 2. The smallest absolute Gasteiger partial charge is 0.415 e. The zero-order valence-electron chi connectivity index (χ0n) is 14.8. The third kappa shape index (κ3) is 3.62. The highest BCUT2D eigenvalue weighted by molar-refractivity contribution is 7.14. The SMILES string of the molecule is CN1[C@@H]2CC[C@H]1CC(OC(=O)N(Cc1ccc(F)cc1)c1cccs1)C2. The van der Waals surface area contributed by atoms with E-state index in [1.807, 2.05) is 17.5 Å². The van der Waals surface area contributed by atoms with Crippen LogP contribution in [0.5, 0.6) is 0 Å². The molecular weight excluding hydrogens is 351 g/mol. The van der Waals surface area contributed by atoms with Crippen LogP contribution in [-0.2, 0) is 11.3 Å². The molecule has 1 aromatic heterocycles. The molecule has 4 nitrogen and oxygen atoms in total. The molecule has 3 heterocycles. The lowest BCUT2D eigenvalue weighted by atomic mass is 10.0. The highest BCUT2D eigenvalue weighted by Crippen LogP contribution is 2.36. The number of anilines is 1. The molecule has 26 heavy (non-hydrogen) atoms. The van der Waals surface area contributed by atoms with Gasteiger partial charge in [-0.25, -0.2) is 9.18 Å². The standard InChI is InChI=1S/C20H23FN2O2S/c1-22-16-8-9-17(22)12-18(11-16)25-20(24)23(19-3-2-10-26-19)13-14-4-6-15(21)7-5-14/h2-7,10,16-18H,8-9,11-13H2,1H3/t16-,17+,18?. The van der Waals surface area contributed by atoms with Gasteiger partial charge in [-0.2, -0.15) is 0 Å². The molecule has 3 atom stereocenters. The lowest BCUT2D eigenvalue weighted by molar-refractivity contribution is 0.0315. The fourth-order valence-corrected chi connectivity index (χ4v) is 4.81. The zero-order chi connectivity index (χ0) is 18.1. The van der Waals surface area contributed by atoms with E-state index >= 15 is 0 Å². The van der Waals surface area contributed by atoms with Crippen molar-refractivity contribution in [2.24, 2.45) is 0 Å². The number of rotatable bonds is 4. The average molecular weight is 374 g/mol. The Bertz CT molecular complexity index is 736. The Morgan fingerprint density at radius 2 is 1.92 bits per heavy atom. The van der Waals surface area contributed by atoms with Gasteiger partial charge in [0.25, 0.3) is 0 Å². The van der Waals surface area contributed by atoms with Crippen molar-refractivity contribution in [1.82, 2.24) is 4.90 Å². The van der Waals surface area contributed by atoms with Crippen LogP contribution in [0.25, 0.3) is 0 Å². The lowest BCUT2D eigenvalue weighted by Gasteiger charge is -2.36. The number of halogens is 1. The summed E-state index contributed by atoms with van der Waals surface area (Å²) in [6.45, 7) is 0.374. The van der Waals surface area contributed by atoms with Gasteiger partial charge in [0.1, 0.15) is 16.9 Å². The molecule has 2 aliphatic rings. The molecule has 6 heteroatoms. The highest BCUT2D eigenvalue weighted by atomic mass is 32.1. The number of carbonyl (C=O) groups excluding carboxylic acids is 1. The monoisotopic (exact) mass is 374 g/mol. The number of piperidine rings is 1. The van der Waals surface area contributed by atoms with Crippen LogP contribution in [0.3, 0.4) is 0 Å². The van der Waals surface area contributed by atoms with Crippen LogP contribution in [0.4, 0.5) is 14.2 Å². The summed E-state index contributed by atoms with van der Waals surface area (Å²) < 4.78 is 19.1. The molecule has 0 N–H and O–H groups in total. The van der Waals surface area contributed by atoms with E-state index in [4.69, 9.17) is 4.74 Å². The highest BCUT2D eigenvalue weighted by Gasteiger charge is 2.40. The fourth-order valence-electron chi connectivity index (χ4n) is 4.09. The van der Waals surface area contributed by atoms with Crippen LogP contribution in [0.1, 0.15) is 31.2 Å². The van der Waals surface area contributed by atoms with Gasteiger partial charge in [-0.3, -0.25) is 4.90 Å². The number of hydrogen-bond donors (Lipinski definition) is 0. The van der Waals surface area contributed by atoms with Crippen molar-refractivity contribution < 1.29 is 13.9 Å². The average Bonchev–Trinajstić information content (AvgIpc) is 3.21. The van der Waals surface area contributed by atoms with Crippen molar-refractivity contribution in [3.8, 4) is 0 Å². The maximum absolute atomic E-state index is 13.2. The molecule has 0 spiro atoms. The summed E-state index contributed by atoms with van der Waals surface area (Å²) in [6, 6.07) is 11.1. The Labute approximate surface area is 157 Å². The van der Waals surface area contributed by atoms with Gasteiger partial charge in [0.2, 0.25) is 0 Å². The molecule has 2 saturated heterocycles. The van der Waals surface area contributed by atoms with Gasteiger partial charge in [0.05, 0.1) is 6.54 Å². The molecule has 0 aliphatic carbocycles. The number of amides is 1. The van der Waals surface area contributed by atoms with Crippen molar-refractivity contribution in [1.29, 1.82) is 0 Å². The quantitative estimate of drug-likeness (QED) is 0.781. The molecule has 1 amide bonds. The van der Waals surface area contributed by atoms with E-state index in [1.165, 1.54) is 36.3 Å². The summed E-state index contributed by atoms with van der Waals surface area (Å²) >= 11 is 1.50. The van der Waals surface area contributed by atoms with Crippen LogP contribution < -0.4 is 4.90 Å². The van der Waals surface area contributed by atoms with Crippen LogP contribution in [0.2, 0.25) is 0 Å². The van der Waals surface area contributed by atoms with Gasteiger partial charge in [0, 0.05) is 24.9 Å². The van der Waals surface area contributed by atoms with E-state index < -0.39 is 0 Å². The van der Waals surface area contributed by atoms with Gasteiger partial charge in [-0.05, 0) is 55.1 Å². The maximum Gasteiger partial charge on any atom is 0.415 e. The number of benzene rings is 1. The van der Waals surface area contributed by atoms with Crippen molar-refractivity contribution in [3.63, 3.8) is 0 Å². The zero-order valence-corrected chi connectivity index (χ0v) is 15.6. The first-order chi connectivity index (χ1) is 12.6. The Balaban J connectivity index is 1.47. The van der Waals surface area contributed by atoms with E-state index in [2.05, 4.69) is 11.9 Å². The second kappa shape index (κ2) is 7.37. The van der Waals surface area contributed by atoms with Crippen molar-refractivity contribution in [2.45, 2.75) is 50.4 Å². The molecule has 0 saturated carbocycles. The molecule has 138 valence electrons. The molecule has 2 bridgehead atoms. The van der Waals surface area contributed by atoms with Crippen molar-refractivity contribution in [3.05, 3.63) is 53.2 Å². The molecule has 2 aliphatic heterocycles. The number of hydrogen-bond acceptors (Lipinski definition) is 4. The van der Waals surface area contributed by atoms with E-state index in [9.17, 15) is 9.18 Å². The maximum atomic E-state index is 13.2. The van der Waals surface area contributed by atoms with E-state index in [0.29, 0.717) is 18.6 Å². The predicted molar refractivity (Wildman–Crippen MR) is 101 cm³/mol. The van der Waals surface area contributed by atoms with Crippen molar-refractivity contribution in [2.75, 3.05) is 11.9 Å².